The van der Waals surface area contributed by atoms with Gasteiger partial charge in [0.05, 0.1) is 6.54 Å². The molecule has 3 unspecified atom stereocenters. The molecule has 3 amide bonds. The summed E-state index contributed by atoms with van der Waals surface area (Å²) < 4.78 is 17.4. The molecule has 0 radical (unpaired) electrons. The van der Waals surface area contributed by atoms with E-state index in [1.807, 2.05) is 39.0 Å². The van der Waals surface area contributed by atoms with Gasteiger partial charge in [-0.3, -0.25) is 14.5 Å². The van der Waals surface area contributed by atoms with Gasteiger partial charge in [-0.15, -0.1) is 0 Å². The van der Waals surface area contributed by atoms with Gasteiger partial charge in [-0.25, -0.2) is 9.59 Å². The Labute approximate surface area is 278 Å². The highest BCUT2D eigenvalue weighted by Gasteiger charge is 2.40. The molecule has 256 valence electrons. The first-order chi connectivity index (χ1) is 21.9. The van der Waals surface area contributed by atoms with E-state index in [-0.39, 0.29) is 43.5 Å². The average molecular weight is 651 g/mol. The number of piperazine rings is 1. The Kier molecular flexibility index (Phi) is 10.9. The van der Waals surface area contributed by atoms with Gasteiger partial charge < -0.3 is 29.7 Å². The monoisotopic (exact) mass is 650 g/mol. The standard InChI is InChI=1S/C36H50N4O7/c1-23-18-38(34(44)47-36(6,7)8)19-24(2)39(23)20-25-12-14-26(15-13-25)22-45-30-11-9-10-27-28(30)21-40(32(27)42)29(16-17-31(37)41)33(43)46-35(3,4)5/h9-15,23-24,29H,16-22H2,1-8H3,(H2,37,41). The van der Waals surface area contributed by atoms with E-state index in [0.717, 1.165) is 17.7 Å². The van der Waals surface area contributed by atoms with Crippen LogP contribution < -0.4 is 10.5 Å². The van der Waals surface area contributed by atoms with Crippen LogP contribution in [0.4, 0.5) is 4.79 Å². The zero-order valence-corrected chi connectivity index (χ0v) is 29.0. The molecular weight excluding hydrogens is 600 g/mol. The molecule has 2 aliphatic rings. The average Bonchev–Trinajstić information content (AvgIpc) is 3.29. The van der Waals surface area contributed by atoms with Gasteiger partial charge in [0.2, 0.25) is 5.91 Å². The summed E-state index contributed by atoms with van der Waals surface area (Å²) in [5, 5.41) is 0. The number of amides is 3. The number of nitrogens with two attached hydrogens (primary N) is 1. The molecule has 0 bridgehead atoms. The lowest BCUT2D eigenvalue weighted by atomic mass is 10.1. The number of fused-ring (bicyclic) bond motifs is 1. The van der Waals surface area contributed by atoms with Crippen molar-refractivity contribution in [3.8, 4) is 5.75 Å². The van der Waals surface area contributed by atoms with Crippen LogP contribution in [0.3, 0.4) is 0 Å². The Bertz CT molecular complexity index is 1450. The molecule has 1 fully saturated rings. The van der Waals surface area contributed by atoms with Crippen molar-refractivity contribution < 1.29 is 33.4 Å². The minimum Gasteiger partial charge on any atom is -0.489 e. The zero-order chi connectivity index (χ0) is 34.7. The van der Waals surface area contributed by atoms with Crippen LogP contribution in [0.5, 0.6) is 5.75 Å². The second-order valence-electron chi connectivity index (χ2n) is 14.6. The molecule has 0 saturated carbocycles. The van der Waals surface area contributed by atoms with Crippen molar-refractivity contribution in [3.63, 3.8) is 0 Å². The van der Waals surface area contributed by atoms with E-state index in [2.05, 4.69) is 30.9 Å². The van der Waals surface area contributed by atoms with Crippen LogP contribution in [-0.4, -0.2) is 81.0 Å². The Balaban J connectivity index is 1.38. The number of primary amides is 1. The van der Waals surface area contributed by atoms with Gasteiger partial charge in [0.1, 0.15) is 29.6 Å². The minimum atomic E-state index is -0.951. The lowest BCUT2D eigenvalue weighted by Crippen LogP contribution is -2.58. The fraction of sp³-hybridized carbons (Fsp3) is 0.556. The third-order valence-electron chi connectivity index (χ3n) is 8.21. The van der Waals surface area contributed by atoms with Crippen LogP contribution in [-0.2, 0) is 38.8 Å². The van der Waals surface area contributed by atoms with Gasteiger partial charge in [-0.1, -0.05) is 30.3 Å². The molecular formula is C36H50N4O7. The quantitative estimate of drug-likeness (QED) is 0.355. The second-order valence-corrected chi connectivity index (χ2v) is 14.6. The van der Waals surface area contributed by atoms with Crippen LogP contribution in [0, 0.1) is 0 Å². The van der Waals surface area contributed by atoms with Gasteiger partial charge in [0.25, 0.3) is 5.91 Å². The SMILES string of the molecule is CC1CN(C(=O)OC(C)(C)C)CC(C)N1Cc1ccc(COc2cccc3c2CN(C(CCC(N)=O)C(=O)OC(C)(C)C)C3=O)cc1. The maximum Gasteiger partial charge on any atom is 0.410 e. The topological polar surface area (TPSA) is 132 Å². The van der Waals surface area contributed by atoms with Gasteiger partial charge in [0.15, 0.2) is 0 Å². The number of esters is 1. The summed E-state index contributed by atoms with van der Waals surface area (Å²) in [6.07, 6.45) is -0.250. The van der Waals surface area contributed by atoms with E-state index in [4.69, 9.17) is 19.9 Å². The van der Waals surface area contributed by atoms with Crippen molar-refractivity contribution in [2.75, 3.05) is 13.1 Å². The van der Waals surface area contributed by atoms with Crippen LogP contribution in [0.25, 0.3) is 0 Å². The number of benzene rings is 2. The Morgan fingerprint density at radius 1 is 0.894 bits per heavy atom. The van der Waals surface area contributed by atoms with E-state index in [9.17, 15) is 19.2 Å². The predicted molar refractivity (Wildman–Crippen MR) is 177 cm³/mol. The third-order valence-corrected chi connectivity index (χ3v) is 8.21. The zero-order valence-electron chi connectivity index (χ0n) is 29.0. The molecule has 11 heteroatoms. The largest absolute Gasteiger partial charge is 0.489 e. The van der Waals surface area contributed by atoms with E-state index >= 15 is 0 Å². The van der Waals surface area contributed by atoms with E-state index in [1.165, 1.54) is 4.90 Å². The van der Waals surface area contributed by atoms with Crippen molar-refractivity contribution in [3.05, 3.63) is 64.7 Å². The Hall–Kier alpha value is -4.12. The first-order valence-corrected chi connectivity index (χ1v) is 16.3. The molecule has 3 atom stereocenters. The number of rotatable bonds is 10. The molecule has 1 saturated heterocycles. The molecule has 2 N–H and O–H groups in total. The fourth-order valence-electron chi connectivity index (χ4n) is 6.02. The molecule has 11 nitrogen and oxygen atoms in total. The maximum atomic E-state index is 13.4. The second kappa shape index (κ2) is 14.3. The van der Waals surface area contributed by atoms with Crippen molar-refractivity contribution in [1.29, 1.82) is 0 Å². The highest BCUT2D eigenvalue weighted by Crippen LogP contribution is 2.34. The highest BCUT2D eigenvalue weighted by atomic mass is 16.6. The van der Waals surface area contributed by atoms with Crippen LogP contribution in [0.15, 0.2) is 42.5 Å². The molecule has 0 spiro atoms. The lowest BCUT2D eigenvalue weighted by molar-refractivity contribution is -0.160. The van der Waals surface area contributed by atoms with Gasteiger partial charge in [0, 0.05) is 49.3 Å². The molecule has 2 aromatic rings. The first-order valence-electron chi connectivity index (χ1n) is 16.3. The Morgan fingerprint density at radius 2 is 1.49 bits per heavy atom. The predicted octanol–water partition coefficient (Wildman–Crippen LogP) is 5.03. The summed E-state index contributed by atoms with van der Waals surface area (Å²) >= 11 is 0. The van der Waals surface area contributed by atoms with E-state index < -0.39 is 29.1 Å². The highest BCUT2D eigenvalue weighted by molar-refractivity contribution is 6.01. The number of hydrogen-bond donors (Lipinski definition) is 1. The Morgan fingerprint density at radius 3 is 2.06 bits per heavy atom. The lowest BCUT2D eigenvalue weighted by Gasteiger charge is -2.44. The van der Waals surface area contributed by atoms with Gasteiger partial charge in [-0.05, 0) is 85.1 Å². The van der Waals surface area contributed by atoms with Crippen molar-refractivity contribution in [2.45, 2.75) is 117 Å². The van der Waals surface area contributed by atoms with Gasteiger partial charge in [-0.2, -0.15) is 0 Å². The smallest absolute Gasteiger partial charge is 0.410 e. The van der Waals surface area contributed by atoms with E-state index in [0.29, 0.717) is 36.6 Å². The number of carbonyl (C=O) groups is 4. The van der Waals surface area contributed by atoms with Crippen molar-refractivity contribution >= 4 is 23.9 Å². The molecule has 2 aliphatic heterocycles. The minimum absolute atomic E-state index is 0.0521. The van der Waals surface area contributed by atoms with E-state index in [1.54, 1.807) is 37.8 Å². The molecule has 2 aromatic carbocycles. The third kappa shape index (κ3) is 9.47. The summed E-state index contributed by atoms with van der Waals surface area (Å²) in [6.45, 7) is 17.6. The van der Waals surface area contributed by atoms with Gasteiger partial charge >= 0.3 is 12.1 Å². The molecule has 0 aliphatic carbocycles. The summed E-state index contributed by atoms with van der Waals surface area (Å²) in [5.74, 6) is -0.880. The number of nitrogens with zero attached hydrogens (tertiary/aromatic N) is 3. The van der Waals surface area contributed by atoms with Crippen LogP contribution in [0.1, 0.15) is 95.3 Å². The summed E-state index contributed by atoms with van der Waals surface area (Å²) in [7, 11) is 0. The number of hydrogen-bond acceptors (Lipinski definition) is 8. The maximum absolute atomic E-state index is 13.4. The summed E-state index contributed by atoms with van der Waals surface area (Å²) in [6, 6.07) is 12.9. The fourth-order valence-corrected chi connectivity index (χ4v) is 6.02. The summed E-state index contributed by atoms with van der Waals surface area (Å²) in [4.78, 5) is 56.4. The van der Waals surface area contributed by atoms with Crippen molar-refractivity contribution in [1.82, 2.24) is 14.7 Å². The van der Waals surface area contributed by atoms with Crippen molar-refractivity contribution in [2.24, 2.45) is 5.73 Å². The normalized spacial score (nSPS) is 19.3. The first kappa shape index (κ1) is 35.7. The van der Waals surface area contributed by atoms with Crippen LogP contribution >= 0.6 is 0 Å². The number of ether oxygens (including phenoxy) is 3. The molecule has 0 aromatic heterocycles. The number of carbonyl (C=O) groups excluding carboxylic acids is 4. The van der Waals surface area contributed by atoms with Crippen LogP contribution in [0.2, 0.25) is 0 Å². The summed E-state index contributed by atoms with van der Waals surface area (Å²) in [5.41, 5.74) is 7.36. The molecule has 2 heterocycles. The molecule has 47 heavy (non-hydrogen) atoms. The molecule has 4 rings (SSSR count).